The van der Waals surface area contributed by atoms with E-state index in [1.54, 1.807) is 18.2 Å². The Morgan fingerprint density at radius 3 is 2.43 bits per heavy atom. The minimum Gasteiger partial charge on any atom is -0.348 e. The zero-order chi connectivity index (χ0) is 16.8. The van der Waals surface area contributed by atoms with Crippen LogP contribution in [0.3, 0.4) is 0 Å². The summed E-state index contributed by atoms with van der Waals surface area (Å²) >= 11 is 0. The molecule has 0 atom stereocenters. The zero-order valence-corrected chi connectivity index (χ0v) is 13.1. The molecule has 0 spiro atoms. The van der Waals surface area contributed by atoms with Gasteiger partial charge in [-0.3, -0.25) is 14.4 Å². The van der Waals surface area contributed by atoms with Crippen LogP contribution in [0.15, 0.2) is 47.4 Å². The Bertz CT molecular complexity index is 748. The predicted molar refractivity (Wildman–Crippen MR) is 88.1 cm³/mol. The summed E-state index contributed by atoms with van der Waals surface area (Å²) in [5.74, 6) is -0.559. The van der Waals surface area contributed by atoms with Gasteiger partial charge in [-0.05, 0) is 29.8 Å². The largest absolute Gasteiger partial charge is 0.348 e. The molecule has 1 heterocycles. The number of anilines is 1. The zero-order valence-electron chi connectivity index (χ0n) is 13.1. The molecule has 6 heteroatoms. The molecule has 0 saturated heterocycles. The third-order valence-corrected chi connectivity index (χ3v) is 3.26. The van der Waals surface area contributed by atoms with Gasteiger partial charge in [0.05, 0.1) is 0 Å². The fourth-order valence-corrected chi connectivity index (χ4v) is 1.87. The quantitative estimate of drug-likeness (QED) is 0.787. The van der Waals surface area contributed by atoms with Crippen molar-refractivity contribution in [1.29, 1.82) is 0 Å². The lowest BCUT2D eigenvalue weighted by Gasteiger charge is -2.09. The van der Waals surface area contributed by atoms with Gasteiger partial charge >= 0.3 is 0 Å². The van der Waals surface area contributed by atoms with E-state index < -0.39 is 11.5 Å². The third kappa shape index (κ3) is 4.54. The van der Waals surface area contributed by atoms with Gasteiger partial charge in [-0.2, -0.15) is 0 Å². The smallest absolute Gasteiger partial charge is 0.260 e. The van der Waals surface area contributed by atoms with E-state index in [0.29, 0.717) is 12.2 Å². The maximum atomic E-state index is 11.9. The van der Waals surface area contributed by atoms with Crippen molar-refractivity contribution in [2.24, 2.45) is 5.92 Å². The van der Waals surface area contributed by atoms with Gasteiger partial charge in [0.2, 0.25) is 5.91 Å². The number of aromatic amines is 1. The second-order valence-corrected chi connectivity index (χ2v) is 5.44. The summed E-state index contributed by atoms with van der Waals surface area (Å²) in [5, 5.41) is 5.48. The minimum absolute atomic E-state index is 0.0469. The van der Waals surface area contributed by atoms with Gasteiger partial charge < -0.3 is 15.6 Å². The van der Waals surface area contributed by atoms with E-state index in [-0.39, 0.29) is 17.4 Å². The van der Waals surface area contributed by atoms with E-state index in [1.807, 2.05) is 26.0 Å². The number of hydrogen-bond acceptors (Lipinski definition) is 3. The first kappa shape index (κ1) is 16.5. The van der Waals surface area contributed by atoms with E-state index in [4.69, 9.17) is 0 Å². The van der Waals surface area contributed by atoms with Crippen LogP contribution in [-0.2, 0) is 11.3 Å². The van der Waals surface area contributed by atoms with Gasteiger partial charge in [0.25, 0.3) is 11.5 Å². The maximum Gasteiger partial charge on any atom is 0.260 e. The first-order chi connectivity index (χ1) is 11.0. The summed E-state index contributed by atoms with van der Waals surface area (Å²) in [4.78, 5) is 37.5. The molecular formula is C17H19N3O3. The van der Waals surface area contributed by atoms with Crippen LogP contribution in [0.2, 0.25) is 0 Å². The lowest BCUT2D eigenvalue weighted by Crippen LogP contribution is -2.28. The van der Waals surface area contributed by atoms with Crippen LogP contribution in [0.4, 0.5) is 5.69 Å². The Morgan fingerprint density at radius 2 is 1.83 bits per heavy atom. The van der Waals surface area contributed by atoms with Gasteiger partial charge in [0.1, 0.15) is 5.56 Å². The van der Waals surface area contributed by atoms with Gasteiger partial charge in [-0.1, -0.05) is 26.0 Å². The van der Waals surface area contributed by atoms with Gasteiger partial charge in [0.15, 0.2) is 0 Å². The number of nitrogens with one attached hydrogen (secondary N) is 3. The maximum absolute atomic E-state index is 11.9. The number of benzene rings is 1. The molecule has 2 rings (SSSR count). The van der Waals surface area contributed by atoms with Crippen LogP contribution < -0.4 is 16.2 Å². The van der Waals surface area contributed by atoms with Crippen molar-refractivity contribution in [2.45, 2.75) is 20.4 Å². The Balaban J connectivity index is 1.94. The van der Waals surface area contributed by atoms with Gasteiger partial charge in [-0.25, -0.2) is 0 Å². The summed E-state index contributed by atoms with van der Waals surface area (Å²) < 4.78 is 0. The van der Waals surface area contributed by atoms with E-state index in [9.17, 15) is 14.4 Å². The lowest BCUT2D eigenvalue weighted by molar-refractivity contribution is -0.118. The average Bonchev–Trinajstić information content (AvgIpc) is 2.54. The van der Waals surface area contributed by atoms with Crippen molar-refractivity contribution in [3.05, 3.63) is 64.1 Å². The fraction of sp³-hybridized carbons (Fsp3) is 0.235. The standard InChI is InChI=1S/C17H19N3O3/c1-11(2)15(21)20-13-7-5-12(6-8-13)10-19-17(23)14-4-3-9-18-16(14)22/h3-9,11H,10H2,1-2H3,(H,18,22)(H,19,23)(H,20,21). The number of amides is 2. The van der Waals surface area contributed by atoms with Crippen LogP contribution in [0.5, 0.6) is 0 Å². The number of hydrogen-bond donors (Lipinski definition) is 3. The van der Waals surface area contributed by atoms with Crippen LogP contribution in [0.25, 0.3) is 0 Å². The highest BCUT2D eigenvalue weighted by Crippen LogP contribution is 2.11. The van der Waals surface area contributed by atoms with E-state index in [2.05, 4.69) is 15.6 Å². The molecule has 1 aromatic carbocycles. The molecule has 3 N–H and O–H groups in total. The van der Waals surface area contributed by atoms with Crippen LogP contribution in [0, 0.1) is 5.92 Å². The molecule has 23 heavy (non-hydrogen) atoms. The molecule has 1 aromatic heterocycles. The SMILES string of the molecule is CC(C)C(=O)Nc1ccc(CNC(=O)c2ccc[nH]c2=O)cc1. The lowest BCUT2D eigenvalue weighted by atomic mass is 10.1. The van der Waals surface area contributed by atoms with Gasteiger partial charge in [0, 0.05) is 24.3 Å². The Kier molecular flexibility index (Phi) is 5.30. The predicted octanol–water partition coefficient (Wildman–Crippen LogP) is 1.90. The monoisotopic (exact) mass is 313 g/mol. The molecule has 120 valence electrons. The molecule has 0 aliphatic carbocycles. The molecular weight excluding hydrogens is 294 g/mol. The second kappa shape index (κ2) is 7.40. The highest BCUT2D eigenvalue weighted by atomic mass is 16.2. The first-order valence-electron chi connectivity index (χ1n) is 7.33. The van der Waals surface area contributed by atoms with Crippen molar-refractivity contribution in [3.63, 3.8) is 0 Å². The van der Waals surface area contributed by atoms with Crippen molar-refractivity contribution in [2.75, 3.05) is 5.32 Å². The van der Waals surface area contributed by atoms with Crippen LogP contribution >= 0.6 is 0 Å². The summed E-state index contributed by atoms with van der Waals surface area (Å²) in [7, 11) is 0. The van der Waals surface area contributed by atoms with E-state index in [1.165, 1.54) is 12.3 Å². The molecule has 0 fully saturated rings. The molecule has 0 radical (unpaired) electrons. The summed E-state index contributed by atoms with van der Waals surface area (Å²) in [6, 6.07) is 10.2. The highest BCUT2D eigenvalue weighted by Gasteiger charge is 2.09. The number of aromatic nitrogens is 1. The molecule has 0 aliphatic rings. The van der Waals surface area contributed by atoms with Crippen LogP contribution in [-0.4, -0.2) is 16.8 Å². The van der Waals surface area contributed by atoms with Crippen molar-refractivity contribution < 1.29 is 9.59 Å². The third-order valence-electron chi connectivity index (χ3n) is 3.26. The summed E-state index contributed by atoms with van der Waals surface area (Å²) in [6.07, 6.45) is 1.48. The van der Waals surface area contributed by atoms with Gasteiger partial charge in [-0.15, -0.1) is 0 Å². The Morgan fingerprint density at radius 1 is 1.13 bits per heavy atom. The number of carbonyl (C=O) groups is 2. The molecule has 0 unspecified atom stereocenters. The Labute approximate surface area is 133 Å². The Hall–Kier alpha value is -2.89. The minimum atomic E-state index is -0.427. The molecule has 0 saturated carbocycles. The van der Waals surface area contributed by atoms with Crippen LogP contribution in [0.1, 0.15) is 29.8 Å². The second-order valence-electron chi connectivity index (χ2n) is 5.44. The molecule has 0 bridgehead atoms. The van der Waals surface area contributed by atoms with Crippen molar-refractivity contribution >= 4 is 17.5 Å². The number of carbonyl (C=O) groups excluding carboxylic acids is 2. The molecule has 2 amide bonds. The topological polar surface area (TPSA) is 91.1 Å². The van der Waals surface area contributed by atoms with E-state index in [0.717, 1.165) is 5.56 Å². The van der Waals surface area contributed by atoms with E-state index >= 15 is 0 Å². The summed E-state index contributed by atoms with van der Waals surface area (Å²) in [5.41, 5.74) is 1.23. The average molecular weight is 313 g/mol. The highest BCUT2D eigenvalue weighted by molar-refractivity contribution is 5.93. The number of H-pyrrole nitrogens is 1. The number of rotatable bonds is 5. The summed E-state index contributed by atoms with van der Waals surface area (Å²) in [6.45, 7) is 3.95. The fourth-order valence-electron chi connectivity index (χ4n) is 1.87. The molecule has 6 nitrogen and oxygen atoms in total. The first-order valence-corrected chi connectivity index (χ1v) is 7.33. The van der Waals surface area contributed by atoms with Crippen molar-refractivity contribution in [3.8, 4) is 0 Å². The normalized spacial score (nSPS) is 10.4. The number of pyridine rings is 1. The molecule has 0 aliphatic heterocycles. The molecule has 2 aromatic rings. The van der Waals surface area contributed by atoms with Crippen molar-refractivity contribution in [1.82, 2.24) is 10.3 Å².